The molecule has 1 aromatic carbocycles. The first-order chi connectivity index (χ1) is 7.56. The molecule has 4 heteroatoms. The molecule has 0 radical (unpaired) electrons. The van der Waals surface area contributed by atoms with Crippen molar-refractivity contribution in [2.45, 2.75) is 0 Å². The van der Waals surface area contributed by atoms with Crippen molar-refractivity contribution in [1.82, 2.24) is 0 Å². The predicted molar refractivity (Wildman–Crippen MR) is 66.0 cm³/mol. The largest absolute Gasteiger partial charge is 0.465 e. The molecule has 3 nitrogen and oxygen atoms in total. The first-order valence-corrected chi connectivity index (χ1v) is 5.15. The van der Waals surface area contributed by atoms with Gasteiger partial charge >= 0.3 is 5.97 Å². The van der Waals surface area contributed by atoms with Gasteiger partial charge in [-0.1, -0.05) is 30.3 Å². The molecule has 0 N–H and O–H groups in total. The summed E-state index contributed by atoms with van der Waals surface area (Å²) in [5, 5.41) is 0.516. The van der Waals surface area contributed by atoms with Crippen molar-refractivity contribution in [3.05, 3.63) is 41.4 Å². The Morgan fingerprint density at radius 2 is 2.12 bits per heavy atom. The molecule has 0 aliphatic rings. The molecule has 0 heterocycles. The van der Waals surface area contributed by atoms with Gasteiger partial charge in [0, 0.05) is 12.1 Å². The molecule has 16 heavy (non-hydrogen) atoms. The van der Waals surface area contributed by atoms with E-state index in [9.17, 15) is 4.79 Å². The van der Waals surface area contributed by atoms with Crippen LogP contribution in [0.3, 0.4) is 0 Å². The van der Waals surface area contributed by atoms with Crippen LogP contribution in [0.1, 0.15) is 10.4 Å². The molecular weight excluding hydrogens is 226 g/mol. The Balaban J connectivity index is 3.03. The molecule has 0 spiro atoms. The molecule has 0 amide bonds. The van der Waals surface area contributed by atoms with E-state index in [1.165, 1.54) is 7.11 Å². The number of hydrogen-bond donors (Lipinski definition) is 0. The molecule has 86 valence electrons. The summed E-state index contributed by atoms with van der Waals surface area (Å²) in [6.45, 7) is 4.10. The number of halogens is 1. The van der Waals surface area contributed by atoms with Crippen LogP contribution in [0.15, 0.2) is 35.9 Å². The Morgan fingerprint density at radius 1 is 1.50 bits per heavy atom. The first-order valence-electron chi connectivity index (χ1n) is 4.78. The van der Waals surface area contributed by atoms with Gasteiger partial charge in [-0.05, 0) is 12.1 Å². The van der Waals surface area contributed by atoms with Gasteiger partial charge < -0.3 is 9.64 Å². The van der Waals surface area contributed by atoms with E-state index in [4.69, 9.17) is 16.3 Å². The minimum Gasteiger partial charge on any atom is -0.465 e. The maximum atomic E-state index is 11.5. The fourth-order valence-corrected chi connectivity index (χ4v) is 1.61. The van der Waals surface area contributed by atoms with Gasteiger partial charge in [0.25, 0.3) is 0 Å². The number of anilines is 1. The van der Waals surface area contributed by atoms with Crippen LogP contribution in [-0.4, -0.2) is 26.7 Å². The molecule has 1 aromatic rings. The zero-order valence-electron chi connectivity index (χ0n) is 9.37. The Hall–Kier alpha value is -1.48. The normalized spacial score (nSPS) is 9.69. The van der Waals surface area contributed by atoms with Crippen molar-refractivity contribution in [3.63, 3.8) is 0 Å². The fourth-order valence-electron chi connectivity index (χ4n) is 1.43. The van der Waals surface area contributed by atoms with E-state index in [2.05, 4.69) is 6.58 Å². The van der Waals surface area contributed by atoms with Crippen LogP contribution in [-0.2, 0) is 4.74 Å². The number of ether oxygens (including phenoxy) is 1. The monoisotopic (exact) mass is 239 g/mol. The summed E-state index contributed by atoms with van der Waals surface area (Å²) in [5.74, 6) is -0.359. The van der Waals surface area contributed by atoms with Crippen molar-refractivity contribution in [2.75, 3.05) is 25.6 Å². The van der Waals surface area contributed by atoms with E-state index in [-0.39, 0.29) is 5.97 Å². The lowest BCUT2D eigenvalue weighted by molar-refractivity contribution is 0.0601. The lowest BCUT2D eigenvalue weighted by Crippen LogP contribution is -2.21. The minimum absolute atomic E-state index is 0.359. The van der Waals surface area contributed by atoms with Crippen molar-refractivity contribution >= 4 is 23.3 Å². The zero-order valence-corrected chi connectivity index (χ0v) is 10.1. The number of esters is 1. The summed E-state index contributed by atoms with van der Waals surface area (Å²) in [4.78, 5) is 13.4. The van der Waals surface area contributed by atoms with Crippen molar-refractivity contribution in [3.8, 4) is 0 Å². The number of nitrogens with zero attached hydrogens (tertiary/aromatic N) is 1. The third-order valence-corrected chi connectivity index (χ3v) is 2.25. The molecule has 0 aliphatic carbocycles. The van der Waals surface area contributed by atoms with Gasteiger partial charge in [-0.25, -0.2) is 4.79 Å². The second-order valence-electron chi connectivity index (χ2n) is 3.38. The Kier molecular flexibility index (Phi) is 4.38. The summed E-state index contributed by atoms with van der Waals surface area (Å²) in [6.07, 6.45) is 0. The third kappa shape index (κ3) is 3.00. The maximum absolute atomic E-state index is 11.5. The number of rotatable bonds is 4. The minimum atomic E-state index is -0.359. The van der Waals surface area contributed by atoms with E-state index in [0.717, 1.165) is 5.69 Å². The summed E-state index contributed by atoms with van der Waals surface area (Å²) < 4.78 is 4.71. The molecule has 0 aromatic heterocycles. The van der Waals surface area contributed by atoms with E-state index < -0.39 is 0 Å². The van der Waals surface area contributed by atoms with Crippen LogP contribution in [0.2, 0.25) is 0 Å². The average Bonchev–Trinajstić information content (AvgIpc) is 2.27. The predicted octanol–water partition coefficient (Wildman–Crippen LogP) is 2.66. The summed E-state index contributed by atoms with van der Waals surface area (Å²) in [7, 11) is 3.20. The lowest BCUT2D eigenvalue weighted by Gasteiger charge is -2.20. The molecule has 0 saturated heterocycles. The van der Waals surface area contributed by atoms with Crippen LogP contribution < -0.4 is 4.90 Å². The molecule has 1 rings (SSSR count). The molecule has 0 fully saturated rings. The van der Waals surface area contributed by atoms with E-state index in [1.807, 2.05) is 24.1 Å². The molecule has 0 atom stereocenters. The topological polar surface area (TPSA) is 29.5 Å². The molecule has 0 unspecified atom stereocenters. The Labute approximate surface area is 100 Å². The second kappa shape index (κ2) is 5.56. The second-order valence-corrected chi connectivity index (χ2v) is 3.92. The van der Waals surface area contributed by atoms with Gasteiger partial charge in [0.05, 0.1) is 24.9 Å². The number of benzene rings is 1. The number of methoxy groups -OCH3 is 1. The van der Waals surface area contributed by atoms with Crippen molar-refractivity contribution in [1.29, 1.82) is 0 Å². The Morgan fingerprint density at radius 3 is 2.69 bits per heavy atom. The van der Waals surface area contributed by atoms with Crippen LogP contribution in [0.5, 0.6) is 0 Å². The van der Waals surface area contributed by atoms with Crippen LogP contribution in [0.25, 0.3) is 0 Å². The standard InChI is InChI=1S/C12H14ClNO2/c1-9(13)8-14(2)11-7-5-4-6-10(11)12(15)16-3/h4-7H,1,8H2,2-3H3. The van der Waals surface area contributed by atoms with Gasteiger partial charge in [-0.15, -0.1) is 0 Å². The van der Waals surface area contributed by atoms with Crippen LogP contribution >= 0.6 is 11.6 Å². The molecular formula is C12H14ClNO2. The van der Waals surface area contributed by atoms with Gasteiger partial charge in [0.1, 0.15) is 0 Å². The number of likely N-dealkylation sites (N-methyl/N-ethyl adjacent to an activating group) is 1. The quantitative estimate of drug-likeness (QED) is 0.757. The molecule has 0 saturated carbocycles. The van der Waals surface area contributed by atoms with Gasteiger partial charge in [-0.3, -0.25) is 0 Å². The highest BCUT2D eigenvalue weighted by molar-refractivity contribution is 6.29. The number of hydrogen-bond acceptors (Lipinski definition) is 3. The van der Waals surface area contributed by atoms with Crippen molar-refractivity contribution < 1.29 is 9.53 Å². The molecule has 0 bridgehead atoms. The Bertz CT molecular complexity index is 404. The van der Waals surface area contributed by atoms with E-state index >= 15 is 0 Å². The van der Waals surface area contributed by atoms with Gasteiger partial charge in [0.2, 0.25) is 0 Å². The van der Waals surface area contributed by atoms with Crippen molar-refractivity contribution in [2.24, 2.45) is 0 Å². The highest BCUT2D eigenvalue weighted by Gasteiger charge is 2.13. The SMILES string of the molecule is C=C(Cl)CN(C)c1ccccc1C(=O)OC. The summed E-state index contributed by atoms with van der Waals surface area (Å²) in [6, 6.07) is 7.20. The first kappa shape index (κ1) is 12.6. The zero-order chi connectivity index (χ0) is 12.1. The number of para-hydroxylation sites is 1. The average molecular weight is 240 g/mol. The molecule has 0 aliphatic heterocycles. The highest BCUT2D eigenvalue weighted by atomic mass is 35.5. The highest BCUT2D eigenvalue weighted by Crippen LogP contribution is 2.21. The lowest BCUT2D eigenvalue weighted by atomic mass is 10.1. The number of carbonyl (C=O) groups is 1. The number of carbonyl (C=O) groups excluding carboxylic acids is 1. The van der Waals surface area contributed by atoms with E-state index in [1.54, 1.807) is 12.1 Å². The van der Waals surface area contributed by atoms with E-state index in [0.29, 0.717) is 17.1 Å². The smallest absolute Gasteiger partial charge is 0.339 e. The van der Waals surface area contributed by atoms with Gasteiger partial charge in [0.15, 0.2) is 0 Å². The van der Waals surface area contributed by atoms with Gasteiger partial charge in [-0.2, -0.15) is 0 Å². The van der Waals surface area contributed by atoms with Crippen LogP contribution in [0.4, 0.5) is 5.69 Å². The summed E-state index contributed by atoms with van der Waals surface area (Å²) >= 11 is 5.74. The maximum Gasteiger partial charge on any atom is 0.339 e. The fraction of sp³-hybridized carbons (Fsp3) is 0.250. The van der Waals surface area contributed by atoms with Crippen LogP contribution in [0, 0.1) is 0 Å². The third-order valence-electron chi connectivity index (χ3n) is 2.13. The summed E-state index contributed by atoms with van der Waals surface area (Å²) in [5.41, 5.74) is 1.29.